The van der Waals surface area contributed by atoms with Crippen LogP contribution in [0, 0.1) is 0 Å². The first kappa shape index (κ1) is 24.1. The number of carboxylic acid groups (broad SMARTS) is 2. The Hall–Kier alpha value is -1.18. The SMILES string of the molecule is CCCCCO[C@H](CC(=O)[O-])C[N+](C)(C)C.O=C(O)CCCO. The molecule has 138 valence electrons. The third-order valence-corrected chi connectivity index (χ3v) is 2.80. The van der Waals surface area contributed by atoms with Crippen molar-refractivity contribution in [3.8, 4) is 0 Å². The van der Waals surface area contributed by atoms with Gasteiger partial charge in [-0.1, -0.05) is 19.8 Å². The quantitative estimate of drug-likeness (QED) is 0.391. The standard InChI is InChI=1S/C12H25NO3.C4H8O3/c1-5-6-7-8-16-11(9-12(14)15)10-13(2,3)4;5-3-1-2-4(6)7/h11H,5-10H2,1-4H3;5H,1-3H2,(H,6,7)/t11-;/m1./s1. The van der Waals surface area contributed by atoms with Crippen LogP contribution in [0.5, 0.6) is 0 Å². The van der Waals surface area contributed by atoms with Crippen molar-refractivity contribution in [2.75, 3.05) is 40.9 Å². The van der Waals surface area contributed by atoms with E-state index >= 15 is 0 Å². The minimum atomic E-state index is -1.03. The van der Waals surface area contributed by atoms with Crippen LogP contribution in [0.3, 0.4) is 0 Å². The van der Waals surface area contributed by atoms with E-state index in [0.717, 1.165) is 19.3 Å². The van der Waals surface area contributed by atoms with E-state index in [1.165, 1.54) is 0 Å². The predicted molar refractivity (Wildman–Crippen MR) is 85.7 cm³/mol. The van der Waals surface area contributed by atoms with Crippen molar-refractivity contribution in [1.82, 2.24) is 0 Å². The summed E-state index contributed by atoms with van der Waals surface area (Å²) in [4.78, 5) is 20.2. The number of aliphatic hydroxyl groups excluding tert-OH is 1. The molecule has 2 N–H and O–H groups in total. The maximum Gasteiger partial charge on any atom is 0.303 e. The average molecular weight is 335 g/mol. The first-order chi connectivity index (χ1) is 10.6. The van der Waals surface area contributed by atoms with Crippen molar-refractivity contribution in [2.45, 2.75) is 51.6 Å². The van der Waals surface area contributed by atoms with Gasteiger partial charge in [-0.15, -0.1) is 0 Å². The van der Waals surface area contributed by atoms with Crippen LogP contribution in [-0.4, -0.2) is 73.6 Å². The largest absolute Gasteiger partial charge is 0.550 e. The monoisotopic (exact) mass is 335 g/mol. The number of carbonyl (C=O) groups excluding carboxylic acids is 1. The molecule has 0 fully saturated rings. The van der Waals surface area contributed by atoms with Crippen molar-refractivity contribution in [2.24, 2.45) is 0 Å². The van der Waals surface area contributed by atoms with E-state index in [-0.39, 0.29) is 25.6 Å². The van der Waals surface area contributed by atoms with Gasteiger partial charge in [0.1, 0.15) is 12.6 Å². The first-order valence-corrected chi connectivity index (χ1v) is 8.07. The van der Waals surface area contributed by atoms with E-state index in [1.54, 1.807) is 0 Å². The Morgan fingerprint density at radius 3 is 2.13 bits per heavy atom. The number of hydrogen-bond donors (Lipinski definition) is 2. The highest BCUT2D eigenvalue weighted by atomic mass is 16.5. The fourth-order valence-electron chi connectivity index (χ4n) is 1.81. The van der Waals surface area contributed by atoms with Crippen LogP contribution >= 0.6 is 0 Å². The topological polar surface area (TPSA) is 107 Å². The minimum Gasteiger partial charge on any atom is -0.550 e. The lowest BCUT2D eigenvalue weighted by Crippen LogP contribution is -2.44. The number of aliphatic carboxylic acids is 2. The second-order valence-corrected chi connectivity index (χ2v) is 6.47. The summed E-state index contributed by atoms with van der Waals surface area (Å²) in [6.07, 6.45) is 3.44. The van der Waals surface area contributed by atoms with Crippen LogP contribution in [0.25, 0.3) is 0 Å². The summed E-state index contributed by atoms with van der Waals surface area (Å²) in [6, 6.07) is 0. The highest BCUT2D eigenvalue weighted by molar-refractivity contribution is 5.66. The second kappa shape index (κ2) is 14.4. The zero-order valence-electron chi connectivity index (χ0n) is 14.9. The van der Waals surface area contributed by atoms with Crippen molar-refractivity contribution in [1.29, 1.82) is 0 Å². The number of carboxylic acids is 2. The minimum absolute atomic E-state index is 0.0123. The molecule has 0 rings (SSSR count). The fraction of sp³-hybridized carbons (Fsp3) is 0.875. The molecule has 0 aromatic carbocycles. The third kappa shape index (κ3) is 23.2. The average Bonchev–Trinajstić information content (AvgIpc) is 2.39. The van der Waals surface area contributed by atoms with Crippen LogP contribution in [-0.2, 0) is 14.3 Å². The predicted octanol–water partition coefficient (Wildman–Crippen LogP) is 0.252. The third-order valence-electron chi connectivity index (χ3n) is 2.80. The summed E-state index contributed by atoms with van der Waals surface area (Å²) < 4.78 is 6.29. The van der Waals surface area contributed by atoms with Gasteiger partial charge in [0.25, 0.3) is 0 Å². The van der Waals surface area contributed by atoms with Gasteiger partial charge in [0.05, 0.1) is 21.1 Å². The molecule has 0 unspecified atom stereocenters. The lowest BCUT2D eigenvalue weighted by Gasteiger charge is -2.29. The second-order valence-electron chi connectivity index (χ2n) is 6.47. The van der Waals surface area contributed by atoms with Gasteiger partial charge >= 0.3 is 5.97 Å². The van der Waals surface area contributed by atoms with Gasteiger partial charge in [0.2, 0.25) is 0 Å². The molecule has 0 bridgehead atoms. The molecular formula is C16H33NO6. The van der Waals surface area contributed by atoms with E-state index in [2.05, 4.69) is 6.92 Å². The molecule has 0 radical (unpaired) electrons. The maximum absolute atomic E-state index is 10.6. The summed E-state index contributed by atoms with van der Waals surface area (Å²) >= 11 is 0. The molecule has 23 heavy (non-hydrogen) atoms. The molecule has 0 saturated heterocycles. The van der Waals surface area contributed by atoms with Gasteiger partial charge in [-0.2, -0.15) is 0 Å². The zero-order valence-corrected chi connectivity index (χ0v) is 14.9. The van der Waals surface area contributed by atoms with Gasteiger partial charge in [0.15, 0.2) is 0 Å². The van der Waals surface area contributed by atoms with E-state index < -0.39 is 11.9 Å². The number of likely N-dealkylation sites (N-methyl/N-ethyl adjacent to an activating group) is 1. The number of hydrogen-bond acceptors (Lipinski definition) is 5. The van der Waals surface area contributed by atoms with Gasteiger partial charge in [-0.3, -0.25) is 4.79 Å². The summed E-state index contributed by atoms with van der Waals surface area (Å²) in [5.41, 5.74) is 0. The van der Waals surface area contributed by atoms with Crippen LogP contribution in [0.1, 0.15) is 45.4 Å². The molecule has 1 atom stereocenters. The van der Waals surface area contributed by atoms with E-state index in [4.69, 9.17) is 14.9 Å². The van der Waals surface area contributed by atoms with Crippen LogP contribution in [0.2, 0.25) is 0 Å². The number of carbonyl (C=O) groups is 2. The molecule has 0 saturated carbocycles. The number of aliphatic hydroxyl groups is 1. The molecule has 0 amide bonds. The van der Waals surface area contributed by atoms with Gasteiger partial charge in [-0.25, -0.2) is 0 Å². The van der Waals surface area contributed by atoms with Gasteiger partial charge in [0, 0.05) is 32.0 Å². The molecule has 0 aliphatic rings. The van der Waals surface area contributed by atoms with E-state index in [1.807, 2.05) is 21.1 Å². The molecule has 0 spiro atoms. The molecular weight excluding hydrogens is 302 g/mol. The summed E-state index contributed by atoms with van der Waals surface area (Å²) in [7, 11) is 6.08. The van der Waals surface area contributed by atoms with Crippen LogP contribution in [0.4, 0.5) is 0 Å². The molecule has 7 heteroatoms. The van der Waals surface area contributed by atoms with Gasteiger partial charge < -0.3 is 29.3 Å². The molecule has 0 aromatic heterocycles. The smallest absolute Gasteiger partial charge is 0.303 e. The number of unbranched alkanes of at least 4 members (excludes halogenated alkanes) is 2. The summed E-state index contributed by atoms with van der Waals surface area (Å²) in [6.45, 7) is 3.43. The van der Waals surface area contributed by atoms with Crippen LogP contribution in [0.15, 0.2) is 0 Å². The Kier molecular flexibility index (Phi) is 15.1. The van der Waals surface area contributed by atoms with Gasteiger partial charge in [-0.05, 0) is 12.8 Å². The normalized spacial score (nSPS) is 12.2. The zero-order chi connectivity index (χ0) is 18.3. The van der Waals surface area contributed by atoms with Crippen molar-refractivity contribution in [3.05, 3.63) is 0 Å². The number of ether oxygens (including phenoxy) is 1. The Morgan fingerprint density at radius 1 is 1.17 bits per heavy atom. The fourth-order valence-corrected chi connectivity index (χ4v) is 1.81. The Labute approximate surface area is 139 Å². The Balaban J connectivity index is 0. The lowest BCUT2D eigenvalue weighted by atomic mass is 10.2. The Morgan fingerprint density at radius 2 is 1.78 bits per heavy atom. The highest BCUT2D eigenvalue weighted by Gasteiger charge is 2.18. The summed E-state index contributed by atoms with van der Waals surface area (Å²) in [5, 5.41) is 26.6. The van der Waals surface area contributed by atoms with Crippen molar-refractivity contribution in [3.63, 3.8) is 0 Å². The lowest BCUT2D eigenvalue weighted by molar-refractivity contribution is -0.873. The van der Waals surface area contributed by atoms with Crippen LogP contribution < -0.4 is 5.11 Å². The van der Waals surface area contributed by atoms with Crippen molar-refractivity contribution >= 4 is 11.9 Å². The molecule has 0 aliphatic heterocycles. The number of quaternary nitrogens is 1. The van der Waals surface area contributed by atoms with E-state index in [9.17, 15) is 14.7 Å². The van der Waals surface area contributed by atoms with Crippen molar-refractivity contribution < 1.29 is 34.1 Å². The maximum atomic E-state index is 10.6. The first-order valence-electron chi connectivity index (χ1n) is 8.07. The molecule has 7 nitrogen and oxygen atoms in total. The highest BCUT2D eigenvalue weighted by Crippen LogP contribution is 2.06. The molecule has 0 aromatic rings. The Bertz CT molecular complexity index is 314. The summed E-state index contributed by atoms with van der Waals surface area (Å²) in [5.74, 6) is -1.89. The van der Waals surface area contributed by atoms with E-state index in [0.29, 0.717) is 24.1 Å². The number of nitrogens with zero attached hydrogens (tertiary/aromatic N) is 1. The number of rotatable bonds is 12. The molecule has 0 aliphatic carbocycles. The molecule has 0 heterocycles.